The van der Waals surface area contributed by atoms with Crippen LogP contribution in [-0.4, -0.2) is 22.4 Å². The summed E-state index contributed by atoms with van der Waals surface area (Å²) in [4.78, 5) is 16.9. The van der Waals surface area contributed by atoms with Gasteiger partial charge in [-0.1, -0.05) is 11.6 Å². The average Bonchev–Trinajstić information content (AvgIpc) is 2.77. The van der Waals surface area contributed by atoms with Crippen molar-refractivity contribution in [2.24, 2.45) is 0 Å². The minimum Gasteiger partial charge on any atom is -0.618 e. The largest absolute Gasteiger partial charge is 0.618 e. The monoisotopic (exact) mass is 501 g/mol. The molecule has 1 aromatic carbocycles. The van der Waals surface area contributed by atoms with E-state index in [1.165, 1.54) is 37.4 Å². The summed E-state index contributed by atoms with van der Waals surface area (Å²) in [5, 5.41) is 24.4. The van der Waals surface area contributed by atoms with Crippen LogP contribution in [0.4, 0.5) is 22.0 Å². The van der Waals surface area contributed by atoms with Gasteiger partial charge in [-0.15, -0.1) is 0 Å². The Hall–Kier alpha value is -3.31. The number of pyridine rings is 2. The first kappa shape index (κ1) is 25.3. The molecule has 0 aliphatic rings. The zero-order valence-electron chi connectivity index (χ0n) is 17.4. The Morgan fingerprint density at radius 1 is 1.15 bits per heavy atom. The highest BCUT2D eigenvalue weighted by Crippen LogP contribution is 2.29. The summed E-state index contributed by atoms with van der Waals surface area (Å²) in [7, 11) is 0. The number of hydrogen-bond acceptors (Lipinski definition) is 4. The van der Waals surface area contributed by atoms with Crippen molar-refractivity contribution in [2.75, 3.05) is 0 Å². The molecule has 0 bridgehead atoms. The molecule has 2 aromatic heterocycles. The smallest absolute Gasteiger partial charge is 0.478 e. The molecule has 0 aliphatic carbocycles. The summed E-state index contributed by atoms with van der Waals surface area (Å²) in [6.07, 6.45) is -8.13. The quantitative estimate of drug-likeness (QED) is 0.287. The van der Waals surface area contributed by atoms with E-state index in [1.54, 1.807) is 0 Å². The number of nitrogens with zero attached hydrogens (tertiary/aromatic N) is 2. The van der Waals surface area contributed by atoms with Crippen LogP contribution >= 0.6 is 11.6 Å². The van der Waals surface area contributed by atoms with E-state index >= 15 is 0 Å². The summed E-state index contributed by atoms with van der Waals surface area (Å²) >= 11 is 5.81. The summed E-state index contributed by atoms with van der Waals surface area (Å²) < 4.78 is 64.3. The third kappa shape index (κ3) is 5.78. The first-order chi connectivity index (χ1) is 15.9. The fourth-order valence-electron chi connectivity index (χ4n) is 3.13. The van der Waals surface area contributed by atoms with Crippen LogP contribution in [-0.2, 0) is 6.18 Å². The predicted octanol–water partition coefficient (Wildman–Crippen LogP) is 4.84. The molecule has 0 spiro atoms. The second kappa shape index (κ2) is 9.90. The van der Waals surface area contributed by atoms with Crippen LogP contribution in [0.2, 0.25) is 5.02 Å². The van der Waals surface area contributed by atoms with Gasteiger partial charge in [-0.25, -0.2) is 8.78 Å². The Kier molecular flexibility index (Phi) is 7.37. The van der Waals surface area contributed by atoms with E-state index in [0.29, 0.717) is 23.0 Å². The molecule has 0 saturated carbocycles. The lowest BCUT2D eigenvalue weighted by molar-refractivity contribution is -0.629. The second-order valence-corrected chi connectivity index (χ2v) is 7.79. The van der Waals surface area contributed by atoms with Crippen LogP contribution in [0.15, 0.2) is 54.9 Å². The zero-order valence-corrected chi connectivity index (χ0v) is 18.1. The molecule has 0 aliphatic heterocycles. The number of carbonyl (C=O) groups is 1. The molecule has 0 radical (unpaired) electrons. The van der Waals surface area contributed by atoms with E-state index in [-0.39, 0.29) is 27.0 Å². The van der Waals surface area contributed by atoms with E-state index in [9.17, 15) is 37.1 Å². The minimum atomic E-state index is -4.84. The molecule has 3 aromatic rings. The first-order valence-corrected chi connectivity index (χ1v) is 10.1. The molecule has 2 heterocycles. The number of alkyl halides is 5. The molecule has 2 N–H and O–H groups in total. The van der Waals surface area contributed by atoms with Crippen molar-refractivity contribution in [1.82, 2.24) is 10.3 Å². The van der Waals surface area contributed by atoms with Crippen molar-refractivity contribution in [3.63, 3.8) is 0 Å². The van der Waals surface area contributed by atoms with Crippen molar-refractivity contribution in [3.05, 3.63) is 87.5 Å². The van der Waals surface area contributed by atoms with Crippen LogP contribution in [0.3, 0.4) is 0 Å². The zero-order chi connectivity index (χ0) is 25.2. The molecule has 2 atom stereocenters. The molecule has 0 fully saturated rings. The number of benzene rings is 1. The van der Waals surface area contributed by atoms with Crippen LogP contribution in [0.25, 0.3) is 11.3 Å². The molecule has 12 heteroatoms. The fraction of sp³-hybridized carbons (Fsp3) is 0.227. The molecule has 1 unspecified atom stereocenters. The molecule has 34 heavy (non-hydrogen) atoms. The normalized spacial score (nSPS) is 13.6. The van der Waals surface area contributed by atoms with Gasteiger partial charge >= 0.3 is 6.18 Å². The van der Waals surface area contributed by atoms with Crippen molar-refractivity contribution >= 4 is 17.5 Å². The van der Waals surface area contributed by atoms with Gasteiger partial charge in [0, 0.05) is 29.0 Å². The molecular weight excluding hydrogens is 485 g/mol. The van der Waals surface area contributed by atoms with Crippen LogP contribution < -0.4 is 10.0 Å². The summed E-state index contributed by atoms with van der Waals surface area (Å²) in [5.74, 6) is -0.775. The van der Waals surface area contributed by atoms with Gasteiger partial charge in [-0.3, -0.25) is 9.78 Å². The van der Waals surface area contributed by atoms with E-state index in [1.807, 2.05) is 0 Å². The molecule has 1 amide bonds. The van der Waals surface area contributed by atoms with Gasteiger partial charge in [0.2, 0.25) is 0 Å². The number of aliphatic hydroxyl groups excluding tert-OH is 1. The van der Waals surface area contributed by atoms with Crippen molar-refractivity contribution < 1.29 is 36.6 Å². The van der Waals surface area contributed by atoms with Gasteiger partial charge < -0.3 is 15.6 Å². The number of hydrogen-bond donors (Lipinski definition) is 2. The summed E-state index contributed by atoms with van der Waals surface area (Å²) in [5.41, 5.74) is -1.14. The SMILES string of the molecule is C[C@@H](NC(=O)c1cc(-c2ccc(Cl)cn2)cc(C(O)C(F)F)c1)c1ccc(C(F)(F)F)[n+]([O-])c1. The highest BCUT2D eigenvalue weighted by molar-refractivity contribution is 6.30. The van der Waals surface area contributed by atoms with Crippen molar-refractivity contribution in [1.29, 1.82) is 0 Å². The Morgan fingerprint density at radius 3 is 2.41 bits per heavy atom. The number of aromatic nitrogens is 2. The fourth-order valence-corrected chi connectivity index (χ4v) is 3.24. The number of carbonyl (C=O) groups excluding carboxylic acids is 1. The Labute approximate surface area is 195 Å². The third-order valence-electron chi connectivity index (χ3n) is 4.90. The molecule has 6 nitrogen and oxygen atoms in total. The third-order valence-corrected chi connectivity index (χ3v) is 5.12. The lowest BCUT2D eigenvalue weighted by atomic mass is 9.99. The van der Waals surface area contributed by atoms with Gasteiger partial charge in [0.15, 0.2) is 6.20 Å². The Bertz CT molecular complexity index is 1190. The van der Waals surface area contributed by atoms with Crippen molar-refractivity contribution in [2.45, 2.75) is 31.7 Å². The van der Waals surface area contributed by atoms with E-state index in [2.05, 4.69) is 10.3 Å². The minimum absolute atomic E-state index is 0.0831. The van der Waals surface area contributed by atoms with Crippen LogP contribution in [0.1, 0.15) is 46.2 Å². The number of halogens is 6. The van der Waals surface area contributed by atoms with E-state index in [0.717, 1.165) is 12.1 Å². The second-order valence-electron chi connectivity index (χ2n) is 7.35. The summed E-state index contributed by atoms with van der Waals surface area (Å²) in [6.45, 7) is 1.43. The summed E-state index contributed by atoms with van der Waals surface area (Å²) in [6, 6.07) is 7.40. The maximum absolute atomic E-state index is 13.1. The first-order valence-electron chi connectivity index (χ1n) is 9.71. The number of amides is 1. The van der Waals surface area contributed by atoms with Crippen LogP contribution in [0, 0.1) is 5.21 Å². The lowest BCUT2D eigenvalue weighted by Gasteiger charge is -2.17. The van der Waals surface area contributed by atoms with E-state index in [4.69, 9.17) is 11.6 Å². The standard InChI is InChI=1S/C22H17ClF5N3O3/c1-11(12-2-5-18(22(26,27)28)31(34)10-12)30-21(33)15-7-13(17-4-3-16(23)9-29-17)6-14(8-15)19(32)20(24)25/h2-11,19-20,32H,1H3,(H,30,33)/t11-,19?/m1/s1. The average molecular weight is 502 g/mol. The maximum atomic E-state index is 13.1. The molecular formula is C22H17ClF5N3O3. The number of aliphatic hydroxyl groups is 1. The van der Waals surface area contributed by atoms with Gasteiger partial charge in [0.05, 0.1) is 16.8 Å². The van der Waals surface area contributed by atoms with Gasteiger partial charge in [-0.2, -0.15) is 17.9 Å². The van der Waals surface area contributed by atoms with Crippen LogP contribution in [0.5, 0.6) is 0 Å². The predicted molar refractivity (Wildman–Crippen MR) is 112 cm³/mol. The van der Waals surface area contributed by atoms with Crippen molar-refractivity contribution in [3.8, 4) is 11.3 Å². The van der Waals surface area contributed by atoms with Gasteiger partial charge in [0.1, 0.15) is 6.10 Å². The Balaban J connectivity index is 1.92. The molecule has 180 valence electrons. The Morgan fingerprint density at radius 2 is 1.85 bits per heavy atom. The number of nitrogens with one attached hydrogen (secondary N) is 1. The topological polar surface area (TPSA) is 89.2 Å². The van der Waals surface area contributed by atoms with Gasteiger partial charge in [-0.05, 0) is 48.9 Å². The highest BCUT2D eigenvalue weighted by atomic mass is 35.5. The molecule has 0 saturated heterocycles. The van der Waals surface area contributed by atoms with Gasteiger partial charge in [0.25, 0.3) is 18.0 Å². The maximum Gasteiger partial charge on any atom is 0.478 e. The molecule has 3 rings (SSSR count). The van der Waals surface area contributed by atoms with E-state index < -0.39 is 36.3 Å². The highest BCUT2D eigenvalue weighted by Gasteiger charge is 2.39. The lowest BCUT2D eigenvalue weighted by Crippen LogP contribution is -2.38. The number of rotatable bonds is 6.